The van der Waals surface area contributed by atoms with Gasteiger partial charge in [-0.15, -0.1) is 0 Å². The summed E-state index contributed by atoms with van der Waals surface area (Å²) in [4.78, 5) is 16.2. The lowest BCUT2D eigenvalue weighted by Crippen LogP contribution is -2.20. The van der Waals surface area contributed by atoms with Gasteiger partial charge in [-0.2, -0.15) is 4.98 Å². The molecule has 2 aromatic carbocycles. The molecule has 1 aromatic heterocycles. The van der Waals surface area contributed by atoms with Crippen molar-refractivity contribution < 1.29 is 14.1 Å². The Hall–Kier alpha value is -2.86. The Morgan fingerprint density at radius 1 is 1.24 bits per heavy atom. The third-order valence-corrected chi connectivity index (χ3v) is 3.84. The number of halogens is 1. The number of nitrogens with one attached hydrogen (secondary N) is 1. The lowest BCUT2D eigenvalue weighted by Gasteiger charge is -2.09. The van der Waals surface area contributed by atoms with Crippen LogP contribution in [-0.2, 0) is 4.79 Å². The summed E-state index contributed by atoms with van der Waals surface area (Å²) in [5.74, 6) is 1.21. The molecule has 6 nitrogen and oxygen atoms in total. The van der Waals surface area contributed by atoms with Gasteiger partial charge in [-0.05, 0) is 49.7 Å². The highest BCUT2D eigenvalue weighted by molar-refractivity contribution is 6.31. The fourth-order valence-corrected chi connectivity index (χ4v) is 2.33. The second kappa shape index (κ2) is 7.36. The zero-order valence-corrected chi connectivity index (χ0v) is 14.5. The van der Waals surface area contributed by atoms with Crippen LogP contribution in [0.25, 0.3) is 11.5 Å². The highest BCUT2D eigenvalue weighted by Gasteiger charge is 2.09. The smallest absolute Gasteiger partial charge is 0.262 e. The van der Waals surface area contributed by atoms with E-state index in [1.165, 1.54) is 0 Å². The maximum Gasteiger partial charge on any atom is 0.262 e. The van der Waals surface area contributed by atoms with Gasteiger partial charge in [0.2, 0.25) is 0 Å². The molecule has 128 valence electrons. The Morgan fingerprint density at radius 2 is 2.08 bits per heavy atom. The minimum Gasteiger partial charge on any atom is -0.484 e. The van der Waals surface area contributed by atoms with Gasteiger partial charge in [-0.25, -0.2) is 0 Å². The van der Waals surface area contributed by atoms with Crippen molar-refractivity contribution in [2.24, 2.45) is 0 Å². The van der Waals surface area contributed by atoms with Crippen LogP contribution in [0.2, 0.25) is 5.02 Å². The van der Waals surface area contributed by atoms with E-state index in [0.29, 0.717) is 28.2 Å². The first-order chi connectivity index (χ1) is 12.0. The number of carbonyl (C=O) groups is 1. The van der Waals surface area contributed by atoms with E-state index in [1.54, 1.807) is 37.3 Å². The van der Waals surface area contributed by atoms with Crippen molar-refractivity contribution in [1.82, 2.24) is 10.1 Å². The molecule has 1 amide bonds. The van der Waals surface area contributed by atoms with Crippen molar-refractivity contribution in [3.8, 4) is 17.2 Å². The summed E-state index contributed by atoms with van der Waals surface area (Å²) < 4.78 is 10.7. The van der Waals surface area contributed by atoms with Crippen LogP contribution in [0.1, 0.15) is 11.4 Å². The summed E-state index contributed by atoms with van der Waals surface area (Å²) in [6, 6.07) is 12.4. The molecule has 0 saturated carbocycles. The Kier molecular flexibility index (Phi) is 5.00. The van der Waals surface area contributed by atoms with E-state index in [9.17, 15) is 4.79 Å². The van der Waals surface area contributed by atoms with E-state index in [0.717, 1.165) is 11.1 Å². The molecule has 0 fully saturated rings. The number of benzene rings is 2. The molecule has 0 aliphatic rings. The molecule has 0 radical (unpaired) electrons. The predicted molar refractivity (Wildman–Crippen MR) is 94.8 cm³/mol. The molecule has 0 bridgehead atoms. The van der Waals surface area contributed by atoms with Gasteiger partial charge in [0, 0.05) is 16.3 Å². The Bertz CT molecular complexity index is 908. The summed E-state index contributed by atoms with van der Waals surface area (Å²) in [6.07, 6.45) is 0. The number of rotatable bonds is 5. The standard InChI is InChI=1S/C18H16ClN3O3/c1-11-6-7-14(9-16(11)19)21-17(23)10-24-15-5-3-4-13(8-15)18-20-12(2)22-25-18/h3-9H,10H2,1-2H3,(H,21,23). The first kappa shape index (κ1) is 17.0. The fourth-order valence-electron chi connectivity index (χ4n) is 2.15. The maximum absolute atomic E-state index is 12.0. The quantitative estimate of drug-likeness (QED) is 0.746. The minimum absolute atomic E-state index is 0.127. The van der Waals surface area contributed by atoms with Crippen LogP contribution >= 0.6 is 11.6 Å². The SMILES string of the molecule is Cc1noc(-c2cccc(OCC(=O)Nc3ccc(C)c(Cl)c3)c2)n1. The molecule has 1 heterocycles. The van der Waals surface area contributed by atoms with Crippen LogP contribution in [0.5, 0.6) is 5.75 Å². The number of aryl methyl sites for hydroxylation is 2. The number of hydrogen-bond acceptors (Lipinski definition) is 5. The van der Waals surface area contributed by atoms with E-state index in [4.69, 9.17) is 20.9 Å². The van der Waals surface area contributed by atoms with Crippen LogP contribution < -0.4 is 10.1 Å². The fraction of sp³-hybridized carbons (Fsp3) is 0.167. The second-order valence-corrected chi connectivity index (χ2v) is 5.88. The molecule has 0 atom stereocenters. The van der Waals surface area contributed by atoms with Crippen LogP contribution in [0.4, 0.5) is 5.69 Å². The number of ether oxygens (including phenoxy) is 1. The number of hydrogen-bond donors (Lipinski definition) is 1. The molecule has 25 heavy (non-hydrogen) atoms. The third-order valence-electron chi connectivity index (χ3n) is 3.43. The lowest BCUT2D eigenvalue weighted by atomic mass is 10.2. The van der Waals surface area contributed by atoms with Crippen molar-refractivity contribution in [3.63, 3.8) is 0 Å². The maximum atomic E-state index is 12.0. The monoisotopic (exact) mass is 357 g/mol. The topological polar surface area (TPSA) is 77.2 Å². The molecule has 7 heteroatoms. The summed E-state index contributed by atoms with van der Waals surface area (Å²) in [6.45, 7) is 3.52. The minimum atomic E-state index is -0.279. The number of nitrogens with zero attached hydrogens (tertiary/aromatic N) is 2. The molecule has 0 aliphatic heterocycles. The summed E-state index contributed by atoms with van der Waals surface area (Å²) in [5, 5.41) is 7.09. The van der Waals surface area contributed by atoms with Gasteiger partial charge in [0.15, 0.2) is 12.4 Å². The first-order valence-electron chi connectivity index (χ1n) is 7.61. The zero-order chi connectivity index (χ0) is 17.8. The predicted octanol–water partition coefficient (Wildman–Crippen LogP) is 4.02. The van der Waals surface area contributed by atoms with Crippen LogP contribution in [0.15, 0.2) is 47.0 Å². The van der Waals surface area contributed by atoms with Crippen molar-refractivity contribution in [1.29, 1.82) is 0 Å². The molecule has 3 aromatic rings. The molecule has 0 unspecified atom stereocenters. The Labute approximate surface area is 149 Å². The Morgan fingerprint density at radius 3 is 2.80 bits per heavy atom. The Balaban J connectivity index is 1.61. The number of aromatic nitrogens is 2. The van der Waals surface area contributed by atoms with Crippen molar-refractivity contribution >= 4 is 23.2 Å². The third kappa shape index (κ3) is 4.36. The van der Waals surface area contributed by atoms with Gasteiger partial charge in [0.1, 0.15) is 5.75 Å². The highest BCUT2D eigenvalue weighted by Crippen LogP contribution is 2.23. The molecular formula is C18H16ClN3O3. The summed E-state index contributed by atoms with van der Waals surface area (Å²) in [7, 11) is 0. The van der Waals surface area contributed by atoms with Gasteiger partial charge in [-0.3, -0.25) is 4.79 Å². The van der Waals surface area contributed by atoms with E-state index < -0.39 is 0 Å². The average molecular weight is 358 g/mol. The summed E-state index contributed by atoms with van der Waals surface area (Å²) >= 11 is 6.05. The molecule has 1 N–H and O–H groups in total. The van der Waals surface area contributed by atoms with Crippen molar-refractivity contribution in [2.45, 2.75) is 13.8 Å². The van der Waals surface area contributed by atoms with Crippen LogP contribution in [0, 0.1) is 13.8 Å². The van der Waals surface area contributed by atoms with Gasteiger partial charge in [0.25, 0.3) is 11.8 Å². The molecule has 0 saturated heterocycles. The second-order valence-electron chi connectivity index (χ2n) is 5.48. The highest BCUT2D eigenvalue weighted by atomic mass is 35.5. The van der Waals surface area contributed by atoms with Gasteiger partial charge >= 0.3 is 0 Å². The van der Waals surface area contributed by atoms with Crippen LogP contribution in [0.3, 0.4) is 0 Å². The van der Waals surface area contributed by atoms with Crippen LogP contribution in [-0.4, -0.2) is 22.7 Å². The number of carbonyl (C=O) groups excluding carboxylic acids is 1. The van der Waals surface area contributed by atoms with Crippen molar-refractivity contribution in [3.05, 3.63) is 58.9 Å². The molecule has 0 spiro atoms. The molecule has 3 rings (SSSR count). The average Bonchev–Trinajstić information content (AvgIpc) is 3.03. The normalized spacial score (nSPS) is 10.5. The summed E-state index contributed by atoms with van der Waals surface area (Å²) in [5.41, 5.74) is 2.30. The van der Waals surface area contributed by atoms with E-state index >= 15 is 0 Å². The number of anilines is 1. The first-order valence-corrected chi connectivity index (χ1v) is 7.98. The largest absolute Gasteiger partial charge is 0.484 e. The van der Waals surface area contributed by atoms with E-state index in [2.05, 4.69) is 15.5 Å². The zero-order valence-electron chi connectivity index (χ0n) is 13.7. The van der Waals surface area contributed by atoms with Gasteiger partial charge < -0.3 is 14.6 Å². The van der Waals surface area contributed by atoms with Crippen molar-refractivity contribution in [2.75, 3.05) is 11.9 Å². The molecular weight excluding hydrogens is 342 g/mol. The molecule has 0 aliphatic carbocycles. The van der Waals surface area contributed by atoms with Gasteiger partial charge in [-0.1, -0.05) is 28.9 Å². The van der Waals surface area contributed by atoms with E-state index in [1.807, 2.05) is 19.1 Å². The van der Waals surface area contributed by atoms with Gasteiger partial charge in [0.05, 0.1) is 0 Å². The van der Waals surface area contributed by atoms with E-state index in [-0.39, 0.29) is 12.5 Å². The number of amides is 1. The lowest BCUT2D eigenvalue weighted by molar-refractivity contribution is -0.118.